The molecule has 0 bridgehead atoms. The molecule has 3 rings (SSSR count). The van der Waals surface area contributed by atoms with Crippen molar-refractivity contribution in [3.63, 3.8) is 0 Å². The maximum atomic E-state index is 6.01. The summed E-state index contributed by atoms with van der Waals surface area (Å²) in [7, 11) is 0. The third-order valence-electron chi connectivity index (χ3n) is 2.97. The lowest BCUT2D eigenvalue weighted by Gasteiger charge is -2.11. The maximum Gasteiger partial charge on any atom is 0.0618 e. The fourth-order valence-corrected chi connectivity index (χ4v) is 2.39. The summed E-state index contributed by atoms with van der Waals surface area (Å²) in [6.45, 7) is 0. The maximum absolute atomic E-state index is 6.01. The van der Waals surface area contributed by atoms with Crippen LogP contribution in [0.4, 0.5) is 17.1 Å². The van der Waals surface area contributed by atoms with Crippen molar-refractivity contribution in [2.75, 3.05) is 11.1 Å². The topological polar surface area (TPSA) is 50.9 Å². The Morgan fingerprint density at radius 3 is 2.79 bits per heavy atom. The Morgan fingerprint density at radius 1 is 1.05 bits per heavy atom. The summed E-state index contributed by atoms with van der Waals surface area (Å²) >= 11 is 3.40. The molecule has 0 unspecified atom stereocenters. The molecule has 2 aromatic carbocycles. The van der Waals surface area contributed by atoms with Gasteiger partial charge < -0.3 is 11.1 Å². The largest absolute Gasteiger partial charge is 0.397 e. The molecule has 3 nitrogen and oxygen atoms in total. The molecule has 1 heterocycles. The van der Waals surface area contributed by atoms with E-state index in [1.165, 1.54) is 0 Å². The Labute approximate surface area is 119 Å². The van der Waals surface area contributed by atoms with E-state index in [1.54, 1.807) is 6.20 Å². The average Bonchev–Trinajstić information content (AvgIpc) is 2.42. The SMILES string of the molecule is Nc1cc(Br)ccc1Nc1cccc2ccncc12. The molecule has 0 aliphatic rings. The van der Waals surface area contributed by atoms with Crippen LogP contribution in [0.3, 0.4) is 0 Å². The summed E-state index contributed by atoms with van der Waals surface area (Å²) in [5.41, 5.74) is 8.60. The van der Waals surface area contributed by atoms with Crippen molar-refractivity contribution in [1.29, 1.82) is 0 Å². The van der Waals surface area contributed by atoms with E-state index in [0.29, 0.717) is 5.69 Å². The summed E-state index contributed by atoms with van der Waals surface area (Å²) in [6, 6.07) is 13.9. The molecule has 4 heteroatoms. The number of benzene rings is 2. The molecule has 0 radical (unpaired) electrons. The van der Waals surface area contributed by atoms with Crippen LogP contribution in [0.15, 0.2) is 59.3 Å². The second-order valence-electron chi connectivity index (χ2n) is 4.26. The number of aromatic nitrogens is 1. The molecule has 0 fully saturated rings. The first-order valence-corrected chi connectivity index (χ1v) is 6.68. The molecule has 19 heavy (non-hydrogen) atoms. The highest BCUT2D eigenvalue weighted by Gasteiger charge is 2.04. The number of fused-ring (bicyclic) bond motifs is 1. The lowest BCUT2D eigenvalue weighted by Crippen LogP contribution is -1.96. The fraction of sp³-hybridized carbons (Fsp3) is 0. The molecule has 3 N–H and O–H groups in total. The molecule has 1 aromatic heterocycles. The van der Waals surface area contributed by atoms with E-state index in [1.807, 2.05) is 42.6 Å². The van der Waals surface area contributed by atoms with Crippen LogP contribution in [0.25, 0.3) is 10.8 Å². The lowest BCUT2D eigenvalue weighted by atomic mass is 10.1. The highest BCUT2D eigenvalue weighted by molar-refractivity contribution is 9.10. The van der Waals surface area contributed by atoms with Gasteiger partial charge in [-0.3, -0.25) is 4.98 Å². The zero-order valence-electron chi connectivity index (χ0n) is 10.1. The zero-order chi connectivity index (χ0) is 13.2. The predicted molar refractivity (Wildman–Crippen MR) is 83.6 cm³/mol. The molecule has 0 saturated carbocycles. The first-order valence-electron chi connectivity index (χ1n) is 5.89. The Hall–Kier alpha value is -2.07. The molecule has 0 amide bonds. The van der Waals surface area contributed by atoms with Gasteiger partial charge in [-0.2, -0.15) is 0 Å². The minimum Gasteiger partial charge on any atom is -0.397 e. The van der Waals surface area contributed by atoms with Gasteiger partial charge in [-0.25, -0.2) is 0 Å². The van der Waals surface area contributed by atoms with Crippen molar-refractivity contribution < 1.29 is 0 Å². The predicted octanol–water partition coefficient (Wildman–Crippen LogP) is 4.32. The van der Waals surface area contributed by atoms with Crippen LogP contribution in [-0.2, 0) is 0 Å². The fourth-order valence-electron chi connectivity index (χ4n) is 2.01. The van der Waals surface area contributed by atoms with Gasteiger partial charge in [0, 0.05) is 27.9 Å². The second kappa shape index (κ2) is 4.90. The number of pyridine rings is 1. The molecule has 0 spiro atoms. The van der Waals surface area contributed by atoms with E-state index in [2.05, 4.69) is 32.3 Å². The van der Waals surface area contributed by atoms with Gasteiger partial charge in [-0.05, 0) is 35.7 Å². The van der Waals surface area contributed by atoms with Gasteiger partial charge in [0.05, 0.1) is 11.4 Å². The first-order chi connectivity index (χ1) is 9.24. The van der Waals surface area contributed by atoms with E-state index in [0.717, 1.165) is 26.6 Å². The van der Waals surface area contributed by atoms with Crippen molar-refractivity contribution in [3.8, 4) is 0 Å². The number of hydrogen-bond acceptors (Lipinski definition) is 3. The number of nitrogens with zero attached hydrogens (tertiary/aromatic N) is 1. The van der Waals surface area contributed by atoms with Crippen LogP contribution in [0.1, 0.15) is 0 Å². The van der Waals surface area contributed by atoms with E-state index >= 15 is 0 Å². The number of rotatable bonds is 2. The third kappa shape index (κ3) is 2.39. The summed E-state index contributed by atoms with van der Waals surface area (Å²) in [6.07, 6.45) is 3.65. The van der Waals surface area contributed by atoms with E-state index in [4.69, 9.17) is 5.73 Å². The minimum absolute atomic E-state index is 0.704. The standard InChI is InChI=1S/C15H12BrN3/c16-11-4-5-15(13(17)8-11)19-14-3-1-2-10-6-7-18-9-12(10)14/h1-9,19H,17H2. The van der Waals surface area contributed by atoms with Crippen molar-refractivity contribution in [2.24, 2.45) is 0 Å². The molecule has 94 valence electrons. The summed E-state index contributed by atoms with van der Waals surface area (Å²) < 4.78 is 0.968. The smallest absolute Gasteiger partial charge is 0.0618 e. The zero-order valence-corrected chi connectivity index (χ0v) is 11.7. The van der Waals surface area contributed by atoms with Gasteiger partial charge in [0.15, 0.2) is 0 Å². The second-order valence-corrected chi connectivity index (χ2v) is 5.17. The Morgan fingerprint density at radius 2 is 1.95 bits per heavy atom. The monoisotopic (exact) mass is 313 g/mol. The summed E-state index contributed by atoms with van der Waals surface area (Å²) in [5, 5.41) is 5.58. The third-order valence-corrected chi connectivity index (χ3v) is 3.46. The minimum atomic E-state index is 0.704. The van der Waals surface area contributed by atoms with Gasteiger partial charge in [0.1, 0.15) is 0 Å². The van der Waals surface area contributed by atoms with Crippen LogP contribution in [0.5, 0.6) is 0 Å². The molecule has 3 aromatic rings. The van der Waals surface area contributed by atoms with Gasteiger partial charge in [0.25, 0.3) is 0 Å². The first kappa shape index (κ1) is 12.0. The van der Waals surface area contributed by atoms with Gasteiger partial charge in [0.2, 0.25) is 0 Å². The Bertz CT molecular complexity index is 735. The molecular weight excluding hydrogens is 302 g/mol. The quantitative estimate of drug-likeness (QED) is 0.693. The molecule has 0 atom stereocenters. The van der Waals surface area contributed by atoms with Gasteiger partial charge in [-0.15, -0.1) is 0 Å². The number of nitrogen functional groups attached to an aromatic ring is 1. The number of nitrogens with one attached hydrogen (secondary N) is 1. The molecule has 0 aliphatic heterocycles. The van der Waals surface area contributed by atoms with E-state index < -0.39 is 0 Å². The van der Waals surface area contributed by atoms with Crippen molar-refractivity contribution in [1.82, 2.24) is 4.98 Å². The molecule has 0 saturated heterocycles. The van der Waals surface area contributed by atoms with Crippen LogP contribution in [0, 0.1) is 0 Å². The summed E-state index contributed by atoms with van der Waals surface area (Å²) in [5.74, 6) is 0. The molecular formula is C15H12BrN3. The summed E-state index contributed by atoms with van der Waals surface area (Å²) in [4.78, 5) is 4.17. The van der Waals surface area contributed by atoms with Gasteiger partial charge >= 0.3 is 0 Å². The van der Waals surface area contributed by atoms with Crippen LogP contribution in [0.2, 0.25) is 0 Å². The highest BCUT2D eigenvalue weighted by atomic mass is 79.9. The van der Waals surface area contributed by atoms with Crippen LogP contribution < -0.4 is 11.1 Å². The van der Waals surface area contributed by atoms with Crippen molar-refractivity contribution >= 4 is 43.8 Å². The number of anilines is 3. The van der Waals surface area contributed by atoms with Crippen molar-refractivity contribution in [2.45, 2.75) is 0 Å². The lowest BCUT2D eigenvalue weighted by molar-refractivity contribution is 1.36. The van der Waals surface area contributed by atoms with Crippen LogP contribution >= 0.6 is 15.9 Å². The van der Waals surface area contributed by atoms with Crippen LogP contribution in [-0.4, -0.2) is 4.98 Å². The number of nitrogens with two attached hydrogens (primary N) is 1. The normalized spacial score (nSPS) is 10.6. The highest BCUT2D eigenvalue weighted by Crippen LogP contribution is 2.29. The van der Waals surface area contributed by atoms with Crippen molar-refractivity contribution in [3.05, 3.63) is 59.3 Å². The Kier molecular flexibility index (Phi) is 3.09. The Balaban J connectivity index is 2.06. The van der Waals surface area contributed by atoms with Gasteiger partial charge in [-0.1, -0.05) is 28.1 Å². The number of hydrogen-bond donors (Lipinski definition) is 2. The number of halogens is 1. The van der Waals surface area contributed by atoms with E-state index in [-0.39, 0.29) is 0 Å². The van der Waals surface area contributed by atoms with E-state index in [9.17, 15) is 0 Å². The average molecular weight is 314 g/mol. The molecule has 0 aliphatic carbocycles.